The molecule has 0 N–H and O–H groups in total. The number of hydrogen-bond acceptors (Lipinski definition) is 6. The largest absolute Gasteiger partial charge is 0.484 e. The van der Waals surface area contributed by atoms with Crippen molar-refractivity contribution in [3.05, 3.63) is 42.5 Å². The molecule has 1 aliphatic rings. The van der Waals surface area contributed by atoms with Crippen molar-refractivity contribution in [2.24, 2.45) is 0 Å². The Kier molecular flexibility index (Phi) is 5.88. The van der Waals surface area contributed by atoms with E-state index in [9.17, 15) is 4.79 Å². The summed E-state index contributed by atoms with van der Waals surface area (Å²) in [5.74, 6) is 1.92. The Morgan fingerprint density at radius 1 is 1.19 bits per heavy atom. The van der Waals surface area contributed by atoms with E-state index in [0.717, 1.165) is 25.2 Å². The minimum absolute atomic E-state index is 0.0313. The van der Waals surface area contributed by atoms with Crippen LogP contribution in [0.5, 0.6) is 11.6 Å². The first-order chi connectivity index (χ1) is 12.6. The topological polar surface area (TPSA) is 67.8 Å². The van der Waals surface area contributed by atoms with Crippen molar-refractivity contribution >= 4 is 11.7 Å². The molecule has 1 aromatic carbocycles. The Hall–Kier alpha value is -2.83. The molecule has 7 nitrogen and oxygen atoms in total. The zero-order valence-corrected chi connectivity index (χ0v) is 15.2. The highest BCUT2D eigenvalue weighted by atomic mass is 16.5. The monoisotopic (exact) mass is 356 g/mol. The van der Waals surface area contributed by atoms with Crippen LogP contribution in [0.4, 0.5) is 5.82 Å². The van der Waals surface area contributed by atoms with Crippen molar-refractivity contribution in [3.8, 4) is 11.6 Å². The predicted molar refractivity (Wildman–Crippen MR) is 98.5 cm³/mol. The van der Waals surface area contributed by atoms with E-state index < -0.39 is 0 Å². The van der Waals surface area contributed by atoms with E-state index in [0.29, 0.717) is 18.2 Å². The van der Waals surface area contributed by atoms with Gasteiger partial charge in [0.05, 0.1) is 6.54 Å². The van der Waals surface area contributed by atoms with Gasteiger partial charge < -0.3 is 19.3 Å². The van der Waals surface area contributed by atoms with Gasteiger partial charge in [-0.25, -0.2) is 0 Å². The quantitative estimate of drug-likeness (QED) is 0.789. The zero-order valence-electron chi connectivity index (χ0n) is 15.2. The third-order valence-electron chi connectivity index (χ3n) is 4.21. The molecule has 1 fully saturated rings. The minimum atomic E-state index is -0.0797. The number of hydrogen-bond donors (Lipinski definition) is 0. The lowest BCUT2D eigenvalue weighted by Crippen LogP contribution is -2.46. The summed E-state index contributed by atoms with van der Waals surface area (Å²) >= 11 is 0. The number of rotatable bonds is 6. The maximum absolute atomic E-state index is 12.4. The van der Waals surface area contributed by atoms with Crippen LogP contribution in [0.15, 0.2) is 42.5 Å². The van der Waals surface area contributed by atoms with Crippen LogP contribution in [-0.2, 0) is 4.79 Å². The maximum atomic E-state index is 12.4. The van der Waals surface area contributed by atoms with Crippen LogP contribution in [0, 0.1) is 0 Å². The molecule has 1 atom stereocenters. The molecule has 2 aromatic rings. The van der Waals surface area contributed by atoms with Crippen LogP contribution in [0.1, 0.15) is 12.8 Å². The molecule has 1 aromatic heterocycles. The van der Waals surface area contributed by atoms with E-state index in [2.05, 4.69) is 10.2 Å². The van der Waals surface area contributed by atoms with Gasteiger partial charge in [0.25, 0.3) is 5.91 Å². The molecule has 0 saturated carbocycles. The summed E-state index contributed by atoms with van der Waals surface area (Å²) in [6.07, 6.45) is 1.70. The van der Waals surface area contributed by atoms with Gasteiger partial charge in [-0.1, -0.05) is 18.2 Å². The minimum Gasteiger partial charge on any atom is -0.484 e. The second kappa shape index (κ2) is 8.51. The van der Waals surface area contributed by atoms with Gasteiger partial charge >= 0.3 is 0 Å². The van der Waals surface area contributed by atoms with Crippen molar-refractivity contribution in [1.29, 1.82) is 0 Å². The van der Waals surface area contributed by atoms with Crippen LogP contribution in [-0.4, -0.2) is 60.9 Å². The normalized spacial score (nSPS) is 16.8. The predicted octanol–water partition coefficient (Wildman–Crippen LogP) is 1.99. The Morgan fingerprint density at radius 3 is 2.69 bits per heavy atom. The molecule has 26 heavy (non-hydrogen) atoms. The van der Waals surface area contributed by atoms with Crippen molar-refractivity contribution in [1.82, 2.24) is 15.1 Å². The number of ether oxygens (including phenoxy) is 2. The molecule has 138 valence electrons. The van der Waals surface area contributed by atoms with E-state index >= 15 is 0 Å². The molecule has 0 radical (unpaired) electrons. The molecule has 1 saturated heterocycles. The van der Waals surface area contributed by atoms with Gasteiger partial charge in [0.15, 0.2) is 12.4 Å². The van der Waals surface area contributed by atoms with E-state index in [1.165, 1.54) is 0 Å². The standard InChI is InChI=1S/C19H24N4O3/c1-22(2)17-10-11-18(21-20-17)26-16-9-6-12-23(13-16)19(24)14-25-15-7-4-3-5-8-15/h3-5,7-8,10-11,16H,6,9,12-14H2,1-2H3. The Morgan fingerprint density at radius 2 is 2.00 bits per heavy atom. The molecule has 0 spiro atoms. The zero-order chi connectivity index (χ0) is 18.4. The number of para-hydroxylation sites is 1. The van der Waals surface area contributed by atoms with E-state index in [1.54, 1.807) is 4.90 Å². The van der Waals surface area contributed by atoms with Crippen LogP contribution >= 0.6 is 0 Å². The number of amides is 1. The third kappa shape index (κ3) is 4.84. The van der Waals surface area contributed by atoms with Gasteiger partial charge in [-0.3, -0.25) is 4.79 Å². The fraction of sp³-hybridized carbons (Fsp3) is 0.421. The van der Waals surface area contributed by atoms with Crippen LogP contribution < -0.4 is 14.4 Å². The first-order valence-corrected chi connectivity index (χ1v) is 8.75. The van der Waals surface area contributed by atoms with Gasteiger partial charge in [0.2, 0.25) is 5.88 Å². The Balaban J connectivity index is 1.51. The average Bonchev–Trinajstić information content (AvgIpc) is 2.67. The molecule has 3 rings (SSSR count). The molecule has 2 heterocycles. The number of carbonyl (C=O) groups is 1. The summed E-state index contributed by atoms with van der Waals surface area (Å²) in [7, 11) is 3.82. The molecule has 0 aliphatic carbocycles. The highest BCUT2D eigenvalue weighted by molar-refractivity contribution is 5.77. The fourth-order valence-electron chi connectivity index (χ4n) is 2.80. The smallest absolute Gasteiger partial charge is 0.260 e. The number of carbonyl (C=O) groups excluding carboxylic acids is 1. The molecule has 7 heteroatoms. The highest BCUT2D eigenvalue weighted by Gasteiger charge is 2.25. The first kappa shape index (κ1) is 18.0. The lowest BCUT2D eigenvalue weighted by molar-refractivity contribution is -0.136. The number of anilines is 1. The molecular formula is C19H24N4O3. The van der Waals surface area contributed by atoms with Gasteiger partial charge in [0, 0.05) is 26.7 Å². The molecular weight excluding hydrogens is 332 g/mol. The average molecular weight is 356 g/mol. The summed E-state index contributed by atoms with van der Waals surface area (Å²) in [5, 5.41) is 8.21. The molecule has 1 amide bonds. The molecule has 0 bridgehead atoms. The molecule has 1 unspecified atom stereocenters. The maximum Gasteiger partial charge on any atom is 0.260 e. The molecule has 1 aliphatic heterocycles. The summed E-state index contributed by atoms with van der Waals surface area (Å²) < 4.78 is 11.5. The lowest BCUT2D eigenvalue weighted by Gasteiger charge is -2.32. The lowest BCUT2D eigenvalue weighted by atomic mass is 10.1. The second-order valence-corrected chi connectivity index (χ2v) is 6.45. The number of nitrogens with zero attached hydrogens (tertiary/aromatic N) is 4. The van der Waals surface area contributed by atoms with Crippen molar-refractivity contribution < 1.29 is 14.3 Å². The van der Waals surface area contributed by atoms with Crippen molar-refractivity contribution in [2.75, 3.05) is 38.7 Å². The van der Waals surface area contributed by atoms with Gasteiger partial charge in [0.1, 0.15) is 11.9 Å². The highest BCUT2D eigenvalue weighted by Crippen LogP contribution is 2.18. The van der Waals surface area contributed by atoms with Gasteiger partial charge in [-0.2, -0.15) is 0 Å². The first-order valence-electron chi connectivity index (χ1n) is 8.75. The SMILES string of the molecule is CN(C)c1ccc(OC2CCCN(C(=O)COc3ccccc3)C2)nn1. The van der Waals surface area contributed by atoms with E-state index in [-0.39, 0.29) is 18.6 Å². The number of benzene rings is 1. The summed E-state index contributed by atoms with van der Waals surface area (Å²) in [6.45, 7) is 1.30. The second-order valence-electron chi connectivity index (χ2n) is 6.45. The van der Waals surface area contributed by atoms with Crippen molar-refractivity contribution in [2.45, 2.75) is 18.9 Å². The number of aromatic nitrogens is 2. The summed E-state index contributed by atoms with van der Waals surface area (Å²) in [5.41, 5.74) is 0. The van der Waals surface area contributed by atoms with E-state index in [1.807, 2.05) is 61.5 Å². The number of likely N-dealkylation sites (tertiary alicyclic amines) is 1. The van der Waals surface area contributed by atoms with E-state index in [4.69, 9.17) is 9.47 Å². The third-order valence-corrected chi connectivity index (χ3v) is 4.21. The summed E-state index contributed by atoms with van der Waals surface area (Å²) in [4.78, 5) is 16.1. The van der Waals surface area contributed by atoms with Gasteiger partial charge in [-0.05, 0) is 31.0 Å². The van der Waals surface area contributed by atoms with Crippen molar-refractivity contribution in [3.63, 3.8) is 0 Å². The van der Waals surface area contributed by atoms with Gasteiger partial charge in [-0.15, -0.1) is 10.2 Å². The summed E-state index contributed by atoms with van der Waals surface area (Å²) in [6, 6.07) is 13.0. The van der Waals surface area contributed by atoms with Crippen LogP contribution in [0.2, 0.25) is 0 Å². The Labute approximate surface area is 153 Å². The van der Waals surface area contributed by atoms with Crippen LogP contribution in [0.25, 0.3) is 0 Å². The fourth-order valence-corrected chi connectivity index (χ4v) is 2.80. The Bertz CT molecular complexity index is 706. The number of piperidine rings is 1. The van der Waals surface area contributed by atoms with Crippen LogP contribution in [0.3, 0.4) is 0 Å².